The lowest BCUT2D eigenvalue weighted by Crippen LogP contribution is -1.78. The standard InChI is InChI=1S/C8H7Cl2OPS/c9-12(10,13)7-6-11-8-4-2-1-3-5-8/h1-7H. The molecule has 0 N–H and O–H groups in total. The Hall–Kier alpha value is -0.0100. The van der Waals surface area contributed by atoms with E-state index in [1.807, 2.05) is 30.3 Å². The van der Waals surface area contributed by atoms with E-state index in [9.17, 15) is 0 Å². The van der Waals surface area contributed by atoms with Crippen molar-refractivity contribution in [2.75, 3.05) is 0 Å². The molecule has 1 aromatic carbocycles. The molecule has 0 spiro atoms. The molecule has 1 rings (SSSR count). The molecule has 5 heteroatoms. The van der Waals surface area contributed by atoms with Gasteiger partial charge in [-0.15, -0.1) is 0 Å². The minimum Gasteiger partial charge on any atom is -0.465 e. The molecular formula is C8H7Cl2OPS. The van der Waals surface area contributed by atoms with Gasteiger partial charge in [0.25, 0.3) is 0 Å². The Morgan fingerprint density at radius 2 is 1.85 bits per heavy atom. The van der Waals surface area contributed by atoms with Gasteiger partial charge in [-0.1, -0.05) is 52.5 Å². The molecule has 0 heterocycles. The normalized spacial score (nSPS) is 11.8. The summed E-state index contributed by atoms with van der Waals surface area (Å²) in [5.41, 5.74) is 0. The smallest absolute Gasteiger partial charge is 0.143 e. The topological polar surface area (TPSA) is 9.23 Å². The molecule has 0 aliphatic carbocycles. The van der Waals surface area contributed by atoms with Gasteiger partial charge in [-0.2, -0.15) is 0 Å². The van der Waals surface area contributed by atoms with E-state index in [0.717, 1.165) is 5.75 Å². The molecule has 0 aliphatic rings. The minimum absolute atomic E-state index is 0.732. The maximum atomic E-state index is 5.62. The fraction of sp³-hybridized carbons (Fsp3) is 0. The third-order valence-electron chi connectivity index (χ3n) is 1.18. The Balaban J connectivity index is 2.54. The summed E-state index contributed by atoms with van der Waals surface area (Å²) in [4.78, 5) is 0. The Morgan fingerprint density at radius 1 is 1.23 bits per heavy atom. The van der Waals surface area contributed by atoms with Crippen LogP contribution in [-0.4, -0.2) is 0 Å². The van der Waals surface area contributed by atoms with E-state index in [2.05, 4.69) is 0 Å². The van der Waals surface area contributed by atoms with E-state index in [0.29, 0.717) is 0 Å². The molecule has 0 fully saturated rings. The highest BCUT2D eigenvalue weighted by Gasteiger charge is 2.00. The fourth-order valence-electron chi connectivity index (χ4n) is 0.679. The molecule has 0 aromatic heterocycles. The summed E-state index contributed by atoms with van der Waals surface area (Å²) < 4.78 is 2.86. The van der Waals surface area contributed by atoms with Crippen molar-refractivity contribution in [2.45, 2.75) is 0 Å². The summed E-state index contributed by atoms with van der Waals surface area (Å²) >= 11 is 16.0. The molecule has 0 atom stereocenters. The quantitative estimate of drug-likeness (QED) is 0.585. The van der Waals surface area contributed by atoms with Crippen molar-refractivity contribution in [3.05, 3.63) is 42.4 Å². The molecule has 0 bridgehead atoms. The molecule has 13 heavy (non-hydrogen) atoms. The number of hydrogen-bond donors (Lipinski definition) is 0. The molecule has 1 aromatic rings. The highest BCUT2D eigenvalue weighted by Crippen LogP contribution is 2.58. The van der Waals surface area contributed by atoms with Crippen molar-refractivity contribution >= 4 is 39.0 Å². The number of benzene rings is 1. The molecule has 0 saturated carbocycles. The van der Waals surface area contributed by atoms with Gasteiger partial charge in [0.15, 0.2) is 0 Å². The summed E-state index contributed by atoms with van der Waals surface area (Å²) in [6.07, 6.45) is 1.43. The third-order valence-corrected chi connectivity index (χ3v) is 2.69. The zero-order chi connectivity index (χ0) is 9.73. The maximum absolute atomic E-state index is 5.62. The number of para-hydroxylation sites is 1. The van der Waals surface area contributed by atoms with Crippen molar-refractivity contribution in [3.8, 4) is 5.75 Å². The van der Waals surface area contributed by atoms with Crippen LogP contribution < -0.4 is 4.74 Å². The van der Waals surface area contributed by atoms with Crippen LogP contribution in [0.5, 0.6) is 5.75 Å². The van der Waals surface area contributed by atoms with Crippen LogP contribution in [-0.2, 0) is 11.8 Å². The summed E-state index contributed by atoms with van der Waals surface area (Å²) in [6.45, 7) is 0. The molecule has 0 radical (unpaired) electrons. The van der Waals surface area contributed by atoms with Gasteiger partial charge in [-0.25, -0.2) is 0 Å². The summed E-state index contributed by atoms with van der Waals surface area (Å²) in [6, 6.07) is 9.32. The lowest BCUT2D eigenvalue weighted by Gasteiger charge is -1.99. The van der Waals surface area contributed by atoms with Gasteiger partial charge in [0.05, 0.1) is 6.26 Å². The van der Waals surface area contributed by atoms with Crippen molar-refractivity contribution < 1.29 is 4.74 Å². The van der Waals surface area contributed by atoms with E-state index in [-0.39, 0.29) is 0 Å². The van der Waals surface area contributed by atoms with E-state index in [1.54, 1.807) is 0 Å². The maximum Gasteiger partial charge on any atom is 0.143 e. The van der Waals surface area contributed by atoms with Crippen molar-refractivity contribution in [2.24, 2.45) is 0 Å². The van der Waals surface area contributed by atoms with E-state index < -0.39 is 4.74 Å². The van der Waals surface area contributed by atoms with E-state index in [4.69, 9.17) is 39.0 Å². The zero-order valence-corrected chi connectivity index (χ0v) is 9.78. The number of rotatable bonds is 3. The molecule has 0 aliphatic heterocycles. The molecular weight excluding hydrogens is 246 g/mol. The van der Waals surface area contributed by atoms with Gasteiger partial charge in [-0.3, -0.25) is 0 Å². The average molecular weight is 253 g/mol. The fourth-order valence-corrected chi connectivity index (χ4v) is 1.31. The van der Waals surface area contributed by atoms with Crippen molar-refractivity contribution in [3.63, 3.8) is 0 Å². The SMILES string of the molecule is S=P(Cl)(Cl)C=COc1ccccc1. The lowest BCUT2D eigenvalue weighted by atomic mass is 10.3. The number of halogens is 2. The predicted octanol–water partition coefficient (Wildman–Crippen LogP) is 4.32. The van der Waals surface area contributed by atoms with Gasteiger partial charge in [-0.05, 0) is 12.1 Å². The first kappa shape index (κ1) is 11.1. The van der Waals surface area contributed by atoms with Crippen molar-refractivity contribution in [1.29, 1.82) is 0 Å². The summed E-state index contributed by atoms with van der Waals surface area (Å²) in [7, 11) is 0. The monoisotopic (exact) mass is 252 g/mol. The first-order valence-corrected chi connectivity index (χ1v) is 8.14. The predicted molar refractivity (Wildman–Crippen MR) is 62.2 cm³/mol. The van der Waals surface area contributed by atoms with Crippen LogP contribution >= 0.6 is 27.2 Å². The Kier molecular flexibility index (Phi) is 4.27. The Morgan fingerprint density at radius 3 is 2.38 bits per heavy atom. The van der Waals surface area contributed by atoms with Gasteiger partial charge < -0.3 is 4.74 Å². The first-order chi connectivity index (χ1) is 6.08. The zero-order valence-electron chi connectivity index (χ0n) is 6.56. The molecule has 1 nitrogen and oxygen atoms in total. The molecule has 0 unspecified atom stereocenters. The van der Waals surface area contributed by atoms with E-state index in [1.165, 1.54) is 12.1 Å². The van der Waals surface area contributed by atoms with Crippen molar-refractivity contribution in [1.82, 2.24) is 0 Å². The van der Waals surface area contributed by atoms with Crippen LogP contribution in [0.4, 0.5) is 0 Å². The average Bonchev–Trinajstić information content (AvgIpc) is 2.04. The highest BCUT2D eigenvalue weighted by molar-refractivity contribution is 8.40. The van der Waals surface area contributed by atoms with Crippen LogP contribution in [0, 0.1) is 0 Å². The Bertz CT molecular complexity index is 333. The second-order valence-electron chi connectivity index (χ2n) is 2.22. The first-order valence-electron chi connectivity index (χ1n) is 3.46. The summed E-state index contributed by atoms with van der Waals surface area (Å²) in [5.74, 6) is 2.23. The summed E-state index contributed by atoms with van der Waals surface area (Å²) in [5, 5.41) is 0. The van der Waals surface area contributed by atoms with Gasteiger partial charge in [0.1, 0.15) is 10.5 Å². The number of hydrogen-bond acceptors (Lipinski definition) is 2. The lowest BCUT2D eigenvalue weighted by molar-refractivity contribution is 0.482. The van der Waals surface area contributed by atoms with Crippen LogP contribution in [0.1, 0.15) is 0 Å². The molecule has 70 valence electrons. The van der Waals surface area contributed by atoms with Crippen LogP contribution in [0.3, 0.4) is 0 Å². The van der Waals surface area contributed by atoms with Crippen LogP contribution in [0.15, 0.2) is 42.4 Å². The van der Waals surface area contributed by atoms with Gasteiger partial charge in [0.2, 0.25) is 0 Å². The highest BCUT2D eigenvalue weighted by atomic mass is 35.9. The second kappa shape index (κ2) is 5.02. The van der Waals surface area contributed by atoms with E-state index >= 15 is 0 Å². The minimum atomic E-state index is -2.33. The second-order valence-corrected chi connectivity index (χ2v) is 10.2. The largest absolute Gasteiger partial charge is 0.465 e. The molecule has 0 amide bonds. The Labute approximate surface area is 91.9 Å². The van der Waals surface area contributed by atoms with Gasteiger partial charge in [0, 0.05) is 5.82 Å². The third kappa shape index (κ3) is 5.33. The van der Waals surface area contributed by atoms with Crippen LogP contribution in [0.2, 0.25) is 0 Å². The number of ether oxygens (including phenoxy) is 1. The molecule has 0 saturated heterocycles. The van der Waals surface area contributed by atoms with Gasteiger partial charge >= 0.3 is 0 Å². The van der Waals surface area contributed by atoms with Crippen LogP contribution in [0.25, 0.3) is 0 Å².